The lowest BCUT2D eigenvalue weighted by atomic mass is 10.1. The second-order valence-corrected chi connectivity index (χ2v) is 7.49. The molecular weight excluding hydrogens is 377 g/mol. The van der Waals surface area contributed by atoms with Gasteiger partial charge in [-0.1, -0.05) is 17.7 Å². The lowest BCUT2D eigenvalue weighted by Crippen LogP contribution is -2.34. The van der Waals surface area contributed by atoms with E-state index in [0.717, 1.165) is 25.9 Å². The average Bonchev–Trinajstić information content (AvgIpc) is 3.29. The second kappa shape index (κ2) is 6.81. The van der Waals surface area contributed by atoms with Crippen molar-refractivity contribution in [2.24, 2.45) is 0 Å². The number of hydrogen-bond acceptors (Lipinski definition) is 4. The smallest absolute Gasteiger partial charge is 0.263 e. The van der Waals surface area contributed by atoms with Crippen LogP contribution < -0.4 is 5.56 Å². The summed E-state index contributed by atoms with van der Waals surface area (Å²) in [5, 5.41) is 2.20. The van der Waals surface area contributed by atoms with Crippen LogP contribution in [0.4, 0.5) is 4.39 Å². The van der Waals surface area contributed by atoms with Gasteiger partial charge >= 0.3 is 0 Å². The molecule has 0 unspecified atom stereocenters. The predicted octanol–water partition coefficient (Wildman–Crippen LogP) is 3.54. The third-order valence-electron chi connectivity index (χ3n) is 4.56. The van der Waals surface area contributed by atoms with Crippen LogP contribution in [0.5, 0.6) is 0 Å². The summed E-state index contributed by atoms with van der Waals surface area (Å²) in [4.78, 5) is 31.9. The van der Waals surface area contributed by atoms with Crippen LogP contribution in [0.3, 0.4) is 0 Å². The fourth-order valence-corrected chi connectivity index (χ4v) is 4.19. The predicted molar refractivity (Wildman–Crippen MR) is 100 cm³/mol. The Morgan fingerprint density at radius 3 is 2.81 bits per heavy atom. The maximum absolute atomic E-state index is 13.8. The number of benzene rings is 1. The minimum absolute atomic E-state index is 0.0278. The van der Waals surface area contributed by atoms with Crippen molar-refractivity contribution in [1.82, 2.24) is 14.5 Å². The molecule has 1 aliphatic rings. The highest BCUT2D eigenvalue weighted by molar-refractivity contribution is 7.17. The first-order valence-electron chi connectivity index (χ1n) is 8.24. The van der Waals surface area contributed by atoms with Crippen molar-refractivity contribution in [1.29, 1.82) is 0 Å². The summed E-state index contributed by atoms with van der Waals surface area (Å²) in [6, 6.07) is 4.43. The van der Waals surface area contributed by atoms with Gasteiger partial charge in [0, 0.05) is 24.0 Å². The van der Waals surface area contributed by atoms with Gasteiger partial charge in [-0.15, -0.1) is 11.3 Å². The van der Waals surface area contributed by atoms with E-state index in [-0.39, 0.29) is 23.0 Å². The number of rotatable bonds is 3. The van der Waals surface area contributed by atoms with E-state index in [1.165, 1.54) is 34.4 Å². The van der Waals surface area contributed by atoms with E-state index in [4.69, 9.17) is 11.6 Å². The molecule has 0 N–H and O–H groups in total. The van der Waals surface area contributed by atoms with E-state index in [2.05, 4.69) is 4.98 Å². The number of carbonyl (C=O) groups is 1. The van der Waals surface area contributed by atoms with Gasteiger partial charge in [0.25, 0.3) is 5.56 Å². The van der Waals surface area contributed by atoms with Gasteiger partial charge in [0.15, 0.2) is 0 Å². The highest BCUT2D eigenvalue weighted by Gasteiger charge is 2.20. The molecule has 0 radical (unpaired) electrons. The highest BCUT2D eigenvalue weighted by atomic mass is 35.5. The van der Waals surface area contributed by atoms with E-state index in [0.29, 0.717) is 21.3 Å². The first-order chi connectivity index (χ1) is 12.5. The summed E-state index contributed by atoms with van der Waals surface area (Å²) in [5.74, 6) is -0.628. The van der Waals surface area contributed by atoms with E-state index < -0.39 is 5.82 Å². The van der Waals surface area contributed by atoms with Gasteiger partial charge in [-0.3, -0.25) is 14.2 Å². The normalized spacial score (nSPS) is 14.3. The Hall–Kier alpha value is -2.25. The topological polar surface area (TPSA) is 55.2 Å². The van der Waals surface area contributed by atoms with Crippen molar-refractivity contribution in [3.05, 3.63) is 51.1 Å². The van der Waals surface area contributed by atoms with E-state index in [1.807, 2.05) is 0 Å². The van der Waals surface area contributed by atoms with Gasteiger partial charge in [0.2, 0.25) is 5.91 Å². The Bertz CT molecular complexity index is 1060. The zero-order valence-corrected chi connectivity index (χ0v) is 15.3. The molecule has 1 aliphatic heterocycles. The lowest BCUT2D eigenvalue weighted by molar-refractivity contribution is -0.130. The van der Waals surface area contributed by atoms with Crippen LogP contribution in [0.2, 0.25) is 5.02 Å². The van der Waals surface area contributed by atoms with E-state index in [1.54, 1.807) is 16.3 Å². The summed E-state index contributed by atoms with van der Waals surface area (Å²) < 4.78 is 15.1. The quantitative estimate of drug-likeness (QED) is 0.686. The standard InChI is InChI=1S/C18H15ClFN3O2S/c19-13-4-3-11(7-14(13)20)12-9-26-17-16(12)18(25)23(10-21-17)8-15(24)22-5-1-2-6-22/h3-4,7,9-10H,1-2,5-6,8H2. The maximum Gasteiger partial charge on any atom is 0.263 e. The molecule has 4 rings (SSSR count). The van der Waals surface area contributed by atoms with Crippen molar-refractivity contribution in [2.45, 2.75) is 19.4 Å². The lowest BCUT2D eigenvalue weighted by Gasteiger charge is -2.15. The molecule has 134 valence electrons. The van der Waals surface area contributed by atoms with Crippen molar-refractivity contribution in [3.63, 3.8) is 0 Å². The summed E-state index contributed by atoms with van der Waals surface area (Å²) in [6.45, 7) is 1.43. The monoisotopic (exact) mass is 391 g/mol. The molecule has 26 heavy (non-hydrogen) atoms. The van der Waals surface area contributed by atoms with Gasteiger partial charge in [-0.25, -0.2) is 9.37 Å². The Labute approximate surface area is 157 Å². The van der Waals surface area contributed by atoms with Crippen molar-refractivity contribution in [2.75, 3.05) is 13.1 Å². The Balaban J connectivity index is 1.75. The highest BCUT2D eigenvalue weighted by Crippen LogP contribution is 2.32. The van der Waals surface area contributed by atoms with Crippen molar-refractivity contribution in [3.8, 4) is 11.1 Å². The molecule has 3 heterocycles. The molecule has 3 aromatic rings. The minimum atomic E-state index is -0.544. The number of halogens is 2. The number of fused-ring (bicyclic) bond motifs is 1. The van der Waals surface area contributed by atoms with E-state index >= 15 is 0 Å². The Morgan fingerprint density at radius 2 is 2.08 bits per heavy atom. The minimum Gasteiger partial charge on any atom is -0.341 e. The fraction of sp³-hybridized carbons (Fsp3) is 0.278. The maximum atomic E-state index is 13.8. The van der Waals surface area contributed by atoms with Crippen LogP contribution in [0.1, 0.15) is 12.8 Å². The van der Waals surface area contributed by atoms with Crippen LogP contribution in [-0.4, -0.2) is 33.4 Å². The third-order valence-corrected chi connectivity index (χ3v) is 5.75. The zero-order chi connectivity index (χ0) is 18.3. The van der Waals surface area contributed by atoms with Crippen LogP contribution >= 0.6 is 22.9 Å². The third kappa shape index (κ3) is 3.01. The molecule has 1 amide bonds. The first kappa shape index (κ1) is 17.2. The van der Waals surface area contributed by atoms with Gasteiger partial charge in [0.1, 0.15) is 17.2 Å². The second-order valence-electron chi connectivity index (χ2n) is 6.22. The van der Waals surface area contributed by atoms with Crippen LogP contribution in [0.15, 0.2) is 34.7 Å². The fourth-order valence-electron chi connectivity index (χ4n) is 3.17. The molecule has 0 aliphatic carbocycles. The number of aromatic nitrogens is 2. The molecule has 5 nitrogen and oxygen atoms in total. The molecule has 2 aromatic heterocycles. The molecule has 0 atom stereocenters. The molecule has 1 aromatic carbocycles. The first-order valence-corrected chi connectivity index (χ1v) is 9.50. The van der Waals surface area contributed by atoms with Gasteiger partial charge in [-0.2, -0.15) is 0 Å². The number of thiophene rings is 1. The Kier molecular flexibility index (Phi) is 4.50. The summed E-state index contributed by atoms with van der Waals surface area (Å²) >= 11 is 7.05. The number of amides is 1. The molecule has 0 bridgehead atoms. The van der Waals surface area contributed by atoms with Gasteiger partial charge in [0.05, 0.1) is 16.7 Å². The Morgan fingerprint density at radius 1 is 1.31 bits per heavy atom. The van der Waals surface area contributed by atoms with Gasteiger partial charge in [-0.05, 0) is 30.5 Å². The molecule has 1 saturated heterocycles. The van der Waals surface area contributed by atoms with Crippen LogP contribution in [0, 0.1) is 5.82 Å². The van der Waals surface area contributed by atoms with Crippen molar-refractivity contribution >= 4 is 39.1 Å². The van der Waals surface area contributed by atoms with E-state index in [9.17, 15) is 14.0 Å². The summed E-state index contributed by atoms with van der Waals surface area (Å²) in [7, 11) is 0. The number of likely N-dealkylation sites (tertiary alicyclic amines) is 1. The molecule has 8 heteroatoms. The van der Waals surface area contributed by atoms with Gasteiger partial charge < -0.3 is 4.90 Å². The SMILES string of the molecule is O=C(Cn1cnc2scc(-c3ccc(Cl)c(F)c3)c2c1=O)N1CCCC1. The average molecular weight is 392 g/mol. The summed E-state index contributed by atoms with van der Waals surface area (Å²) in [5.41, 5.74) is 0.857. The molecule has 0 spiro atoms. The summed E-state index contributed by atoms with van der Waals surface area (Å²) in [6.07, 6.45) is 3.39. The largest absolute Gasteiger partial charge is 0.341 e. The van der Waals surface area contributed by atoms with Crippen molar-refractivity contribution < 1.29 is 9.18 Å². The zero-order valence-electron chi connectivity index (χ0n) is 13.7. The molecular formula is C18H15ClFN3O2S. The number of nitrogens with zero attached hydrogens (tertiary/aromatic N) is 3. The molecule has 0 saturated carbocycles. The van der Waals surface area contributed by atoms with Crippen LogP contribution in [-0.2, 0) is 11.3 Å². The number of carbonyl (C=O) groups excluding carboxylic acids is 1. The van der Waals surface area contributed by atoms with Crippen LogP contribution in [0.25, 0.3) is 21.3 Å². The number of hydrogen-bond donors (Lipinski definition) is 0. The molecule has 1 fully saturated rings.